The van der Waals surface area contributed by atoms with Crippen molar-refractivity contribution in [3.63, 3.8) is 0 Å². The fourth-order valence-electron chi connectivity index (χ4n) is 1.41. The van der Waals surface area contributed by atoms with Crippen LogP contribution in [-0.4, -0.2) is 28.5 Å². The highest BCUT2D eigenvalue weighted by molar-refractivity contribution is 7.80. The van der Waals surface area contributed by atoms with Crippen LogP contribution in [0, 0.1) is 0 Å². The maximum Gasteiger partial charge on any atom is 0.277 e. The Hall–Kier alpha value is -1.27. The number of thiocarbonyl (C=S) groups is 1. The number of hydrogen-bond donors (Lipinski definition) is 1. The van der Waals surface area contributed by atoms with Gasteiger partial charge < -0.3 is 10.5 Å². The van der Waals surface area contributed by atoms with Gasteiger partial charge >= 0.3 is 0 Å². The Bertz CT molecular complexity index is 503. The molecule has 0 saturated heterocycles. The Labute approximate surface area is 112 Å². The summed E-state index contributed by atoms with van der Waals surface area (Å²) >= 11 is 4.91. The summed E-state index contributed by atoms with van der Waals surface area (Å²) in [6.07, 6.45) is 0. The predicted molar refractivity (Wildman–Crippen MR) is 75.0 cm³/mol. The van der Waals surface area contributed by atoms with Gasteiger partial charge in [-0.05, 0) is 6.07 Å². The molecular formula is C12H19N3O2S. The first-order chi connectivity index (χ1) is 8.27. The van der Waals surface area contributed by atoms with Crippen molar-refractivity contribution in [2.75, 3.05) is 13.7 Å². The lowest BCUT2D eigenvalue weighted by molar-refractivity contribution is 0.181. The first-order valence-corrected chi connectivity index (χ1v) is 6.09. The number of ether oxygens (including phenoxy) is 1. The maximum atomic E-state index is 12.1. The number of hydrogen-bond acceptors (Lipinski definition) is 4. The van der Waals surface area contributed by atoms with E-state index in [4.69, 9.17) is 22.7 Å². The van der Waals surface area contributed by atoms with Crippen LogP contribution in [0.1, 0.15) is 32.0 Å². The molecule has 5 nitrogen and oxygen atoms in total. The van der Waals surface area contributed by atoms with Crippen LogP contribution < -0.4 is 11.3 Å². The smallest absolute Gasteiger partial charge is 0.277 e. The van der Waals surface area contributed by atoms with Crippen molar-refractivity contribution in [2.24, 2.45) is 5.73 Å². The van der Waals surface area contributed by atoms with E-state index in [-0.39, 0.29) is 16.0 Å². The molecule has 0 bridgehead atoms. The standard InChI is InChI=1S/C12H19N3O2S/c1-12(2,3)9-7-8(10(13)18)11(16)15(14-9)5-6-17-4/h7H,5-6H2,1-4H3,(H2,13,18). The minimum atomic E-state index is -0.271. The minimum Gasteiger partial charge on any atom is -0.389 e. The lowest BCUT2D eigenvalue weighted by Gasteiger charge is -2.19. The van der Waals surface area contributed by atoms with E-state index in [0.717, 1.165) is 5.69 Å². The summed E-state index contributed by atoms with van der Waals surface area (Å²) in [6, 6.07) is 1.67. The molecule has 100 valence electrons. The SMILES string of the molecule is COCCn1nc(C(C)(C)C)cc(C(N)=S)c1=O. The Balaban J connectivity index is 3.37. The largest absolute Gasteiger partial charge is 0.389 e. The van der Waals surface area contributed by atoms with Crippen molar-refractivity contribution in [1.82, 2.24) is 9.78 Å². The minimum absolute atomic E-state index is 0.0964. The molecule has 0 saturated carbocycles. The van der Waals surface area contributed by atoms with Crippen LogP contribution in [0.25, 0.3) is 0 Å². The fraction of sp³-hybridized carbons (Fsp3) is 0.583. The van der Waals surface area contributed by atoms with Gasteiger partial charge in [-0.25, -0.2) is 4.68 Å². The van der Waals surface area contributed by atoms with E-state index in [0.29, 0.717) is 18.7 Å². The van der Waals surface area contributed by atoms with Crippen LogP contribution in [0.3, 0.4) is 0 Å². The molecule has 0 unspecified atom stereocenters. The first kappa shape index (κ1) is 14.8. The van der Waals surface area contributed by atoms with E-state index in [9.17, 15) is 4.79 Å². The molecule has 0 aliphatic carbocycles. The number of rotatable bonds is 4. The Kier molecular flexibility index (Phi) is 4.59. The second-order valence-corrected chi connectivity index (χ2v) is 5.52. The lowest BCUT2D eigenvalue weighted by atomic mass is 9.91. The normalized spacial score (nSPS) is 11.6. The highest BCUT2D eigenvalue weighted by Crippen LogP contribution is 2.19. The first-order valence-electron chi connectivity index (χ1n) is 5.68. The molecule has 0 amide bonds. The van der Waals surface area contributed by atoms with E-state index in [1.54, 1.807) is 13.2 Å². The highest BCUT2D eigenvalue weighted by Gasteiger charge is 2.20. The summed E-state index contributed by atoms with van der Waals surface area (Å²) in [5, 5.41) is 4.33. The van der Waals surface area contributed by atoms with Gasteiger partial charge in [0, 0.05) is 12.5 Å². The third-order valence-electron chi connectivity index (χ3n) is 2.52. The van der Waals surface area contributed by atoms with E-state index in [1.165, 1.54) is 4.68 Å². The van der Waals surface area contributed by atoms with Gasteiger partial charge in [0.15, 0.2) is 0 Å². The van der Waals surface area contributed by atoms with Crippen LogP contribution in [0.5, 0.6) is 0 Å². The van der Waals surface area contributed by atoms with Crippen molar-refractivity contribution in [3.05, 3.63) is 27.7 Å². The third-order valence-corrected chi connectivity index (χ3v) is 2.74. The number of aromatic nitrogens is 2. The van der Waals surface area contributed by atoms with Gasteiger partial charge in [-0.2, -0.15) is 5.10 Å². The van der Waals surface area contributed by atoms with Crippen molar-refractivity contribution in [3.8, 4) is 0 Å². The highest BCUT2D eigenvalue weighted by atomic mass is 32.1. The van der Waals surface area contributed by atoms with Crippen LogP contribution in [0.4, 0.5) is 0 Å². The van der Waals surface area contributed by atoms with Crippen LogP contribution in [0.2, 0.25) is 0 Å². The molecule has 6 heteroatoms. The van der Waals surface area contributed by atoms with Crippen LogP contribution in [0.15, 0.2) is 10.9 Å². The molecule has 18 heavy (non-hydrogen) atoms. The number of methoxy groups -OCH3 is 1. The zero-order valence-corrected chi connectivity index (χ0v) is 12.0. The molecule has 0 aromatic carbocycles. The van der Waals surface area contributed by atoms with Gasteiger partial charge in [0.25, 0.3) is 5.56 Å². The Morgan fingerprint density at radius 2 is 2.17 bits per heavy atom. The zero-order valence-electron chi connectivity index (χ0n) is 11.2. The van der Waals surface area contributed by atoms with Crippen molar-refractivity contribution >= 4 is 17.2 Å². The van der Waals surface area contributed by atoms with E-state index in [2.05, 4.69) is 5.10 Å². The molecule has 1 heterocycles. The zero-order chi connectivity index (χ0) is 13.9. The Morgan fingerprint density at radius 3 is 2.61 bits per heavy atom. The third kappa shape index (κ3) is 3.36. The Morgan fingerprint density at radius 1 is 1.56 bits per heavy atom. The molecular weight excluding hydrogens is 250 g/mol. The van der Waals surface area contributed by atoms with E-state index >= 15 is 0 Å². The topological polar surface area (TPSA) is 70.1 Å². The van der Waals surface area contributed by atoms with Gasteiger partial charge in [0.1, 0.15) is 4.99 Å². The molecule has 1 aromatic rings. The quantitative estimate of drug-likeness (QED) is 0.820. The van der Waals surface area contributed by atoms with Gasteiger partial charge in [-0.3, -0.25) is 4.79 Å². The van der Waals surface area contributed by atoms with Gasteiger partial charge in [-0.15, -0.1) is 0 Å². The average Bonchev–Trinajstić information content (AvgIpc) is 2.25. The predicted octanol–water partition coefficient (Wildman–Crippen LogP) is 0.821. The summed E-state index contributed by atoms with van der Waals surface area (Å²) in [7, 11) is 1.58. The van der Waals surface area contributed by atoms with E-state index in [1.807, 2.05) is 20.8 Å². The molecule has 1 rings (SSSR count). The van der Waals surface area contributed by atoms with Crippen LogP contribution >= 0.6 is 12.2 Å². The molecule has 0 aliphatic heterocycles. The summed E-state index contributed by atoms with van der Waals surface area (Å²) in [4.78, 5) is 12.2. The van der Waals surface area contributed by atoms with E-state index < -0.39 is 0 Å². The van der Waals surface area contributed by atoms with Gasteiger partial charge in [-0.1, -0.05) is 33.0 Å². The molecule has 0 atom stereocenters. The fourth-order valence-corrected chi connectivity index (χ4v) is 1.56. The molecule has 2 N–H and O–H groups in total. The van der Waals surface area contributed by atoms with Gasteiger partial charge in [0.2, 0.25) is 0 Å². The molecule has 1 aromatic heterocycles. The van der Waals surface area contributed by atoms with Crippen molar-refractivity contribution in [2.45, 2.75) is 32.7 Å². The number of nitrogens with two attached hydrogens (primary N) is 1. The summed E-state index contributed by atoms with van der Waals surface area (Å²) in [6.45, 7) is 6.85. The summed E-state index contributed by atoms with van der Waals surface area (Å²) < 4.78 is 6.32. The second-order valence-electron chi connectivity index (χ2n) is 5.08. The monoisotopic (exact) mass is 269 g/mol. The summed E-state index contributed by atoms with van der Waals surface area (Å²) in [5.74, 6) is 0. The lowest BCUT2D eigenvalue weighted by Crippen LogP contribution is -2.34. The molecule has 0 aliphatic rings. The molecule has 0 radical (unpaired) electrons. The van der Waals surface area contributed by atoms with Crippen LogP contribution in [-0.2, 0) is 16.7 Å². The summed E-state index contributed by atoms with van der Waals surface area (Å²) in [5.41, 5.74) is 6.25. The van der Waals surface area contributed by atoms with Gasteiger partial charge in [0.05, 0.1) is 24.4 Å². The molecule has 0 fully saturated rings. The maximum absolute atomic E-state index is 12.1. The second kappa shape index (κ2) is 5.58. The average molecular weight is 269 g/mol. The molecule has 0 spiro atoms. The van der Waals surface area contributed by atoms with Crippen molar-refractivity contribution in [1.29, 1.82) is 0 Å². The number of nitrogens with zero attached hydrogens (tertiary/aromatic N) is 2. The van der Waals surface area contributed by atoms with Crippen molar-refractivity contribution < 1.29 is 4.74 Å².